The Bertz CT molecular complexity index is 352. The van der Waals surface area contributed by atoms with Crippen molar-refractivity contribution in [3.05, 3.63) is 28.3 Å². The number of carbonyl (C=O) groups is 1. The Kier molecular flexibility index (Phi) is 4.43. The number of carbonyl (C=O) groups excluding carboxylic acids is 1. The number of hydrogen-bond acceptors (Lipinski definition) is 2. The van der Waals surface area contributed by atoms with Crippen LogP contribution in [-0.4, -0.2) is 11.8 Å². The summed E-state index contributed by atoms with van der Waals surface area (Å²) in [6.07, 6.45) is 0.211. The van der Waals surface area contributed by atoms with Crippen LogP contribution in [0.1, 0.15) is 17.5 Å². The number of hydrogen-bond donors (Lipinski definition) is 0. The van der Waals surface area contributed by atoms with Gasteiger partial charge in [0.2, 0.25) is 5.24 Å². The van der Waals surface area contributed by atoms with Crippen LogP contribution in [0.5, 0.6) is 5.75 Å². The van der Waals surface area contributed by atoms with Gasteiger partial charge in [-0.25, -0.2) is 0 Å². The maximum Gasteiger partial charge on any atom is 0.225 e. The maximum atomic E-state index is 10.5. The van der Waals surface area contributed by atoms with Crippen LogP contribution in [0.4, 0.5) is 0 Å². The standard InChI is InChI=1S/C11H12Cl2O2/c1-7-5-9(6-8(2)11(7)13)15-4-3-10(12)14/h5-6H,3-4H2,1-2H3. The summed E-state index contributed by atoms with van der Waals surface area (Å²) in [6.45, 7) is 4.12. The third kappa shape index (κ3) is 3.73. The normalized spacial score (nSPS) is 10.1. The first-order chi connectivity index (χ1) is 7.00. The zero-order valence-electron chi connectivity index (χ0n) is 8.64. The molecule has 1 rings (SSSR count). The van der Waals surface area contributed by atoms with Crippen LogP contribution in [0.15, 0.2) is 12.1 Å². The molecule has 0 heterocycles. The van der Waals surface area contributed by atoms with Gasteiger partial charge in [0.1, 0.15) is 5.75 Å². The molecule has 1 aromatic rings. The van der Waals surface area contributed by atoms with E-state index < -0.39 is 5.24 Å². The molecule has 0 saturated carbocycles. The molecular weight excluding hydrogens is 235 g/mol. The minimum absolute atomic E-state index is 0.211. The molecule has 0 saturated heterocycles. The molecule has 1 aromatic carbocycles. The van der Waals surface area contributed by atoms with Gasteiger partial charge < -0.3 is 4.74 Å². The summed E-state index contributed by atoms with van der Waals surface area (Å²) >= 11 is 11.2. The number of benzene rings is 1. The van der Waals surface area contributed by atoms with E-state index in [0.29, 0.717) is 12.4 Å². The molecule has 0 aliphatic carbocycles. The van der Waals surface area contributed by atoms with Gasteiger partial charge in [-0.05, 0) is 48.7 Å². The van der Waals surface area contributed by atoms with Gasteiger partial charge in [0.05, 0.1) is 13.0 Å². The number of rotatable bonds is 4. The Morgan fingerprint density at radius 1 is 1.33 bits per heavy atom. The monoisotopic (exact) mass is 246 g/mol. The lowest BCUT2D eigenvalue weighted by Crippen LogP contribution is -2.01. The van der Waals surface area contributed by atoms with E-state index in [4.69, 9.17) is 27.9 Å². The Morgan fingerprint density at radius 3 is 2.33 bits per heavy atom. The minimum Gasteiger partial charge on any atom is -0.493 e. The van der Waals surface area contributed by atoms with Crippen molar-refractivity contribution in [2.45, 2.75) is 20.3 Å². The summed E-state index contributed by atoms with van der Waals surface area (Å²) in [7, 11) is 0. The first kappa shape index (κ1) is 12.3. The van der Waals surface area contributed by atoms with E-state index in [0.717, 1.165) is 16.1 Å². The van der Waals surface area contributed by atoms with Crippen molar-refractivity contribution in [3.8, 4) is 5.75 Å². The minimum atomic E-state index is -0.391. The van der Waals surface area contributed by atoms with Crippen molar-refractivity contribution < 1.29 is 9.53 Å². The number of aryl methyl sites for hydroxylation is 2. The summed E-state index contributed by atoms with van der Waals surface area (Å²) in [4.78, 5) is 10.5. The van der Waals surface area contributed by atoms with E-state index in [1.807, 2.05) is 26.0 Å². The molecular formula is C11H12Cl2O2. The van der Waals surface area contributed by atoms with Gasteiger partial charge in [0, 0.05) is 5.02 Å². The van der Waals surface area contributed by atoms with Crippen LogP contribution < -0.4 is 4.74 Å². The average molecular weight is 247 g/mol. The second-order valence-electron chi connectivity index (χ2n) is 3.32. The SMILES string of the molecule is Cc1cc(OCCC(=O)Cl)cc(C)c1Cl. The Balaban J connectivity index is 2.66. The van der Waals surface area contributed by atoms with Crippen molar-refractivity contribution in [1.82, 2.24) is 0 Å². The van der Waals surface area contributed by atoms with Gasteiger partial charge in [0.15, 0.2) is 0 Å². The van der Waals surface area contributed by atoms with Gasteiger partial charge >= 0.3 is 0 Å². The molecule has 0 aliphatic rings. The van der Waals surface area contributed by atoms with Crippen molar-refractivity contribution in [1.29, 1.82) is 0 Å². The van der Waals surface area contributed by atoms with E-state index in [2.05, 4.69) is 0 Å². The second kappa shape index (κ2) is 5.38. The molecule has 0 aliphatic heterocycles. The molecule has 0 N–H and O–H groups in total. The van der Waals surface area contributed by atoms with E-state index in [9.17, 15) is 4.79 Å². The summed E-state index contributed by atoms with van der Waals surface area (Å²) in [5, 5.41) is 0.355. The fourth-order valence-corrected chi connectivity index (χ4v) is 1.42. The second-order valence-corrected chi connectivity index (χ2v) is 4.12. The first-order valence-electron chi connectivity index (χ1n) is 4.58. The van der Waals surface area contributed by atoms with Crippen molar-refractivity contribution in [2.24, 2.45) is 0 Å². The van der Waals surface area contributed by atoms with E-state index in [-0.39, 0.29) is 6.42 Å². The highest BCUT2D eigenvalue weighted by atomic mass is 35.5. The summed E-state index contributed by atoms with van der Waals surface area (Å²) in [6, 6.07) is 3.68. The maximum absolute atomic E-state index is 10.5. The van der Waals surface area contributed by atoms with Crippen molar-refractivity contribution in [2.75, 3.05) is 6.61 Å². The lowest BCUT2D eigenvalue weighted by molar-refractivity contribution is -0.112. The van der Waals surface area contributed by atoms with Crippen LogP contribution >= 0.6 is 23.2 Å². The van der Waals surface area contributed by atoms with E-state index >= 15 is 0 Å². The third-order valence-electron chi connectivity index (χ3n) is 1.98. The lowest BCUT2D eigenvalue weighted by atomic mass is 10.1. The van der Waals surface area contributed by atoms with E-state index in [1.165, 1.54) is 0 Å². The quantitative estimate of drug-likeness (QED) is 0.761. The first-order valence-corrected chi connectivity index (χ1v) is 5.34. The van der Waals surface area contributed by atoms with Gasteiger partial charge in [-0.15, -0.1) is 0 Å². The Hall–Kier alpha value is -0.730. The molecule has 82 valence electrons. The van der Waals surface area contributed by atoms with Crippen LogP contribution in [0.3, 0.4) is 0 Å². The molecule has 0 fully saturated rings. The molecule has 2 nitrogen and oxygen atoms in total. The fourth-order valence-electron chi connectivity index (χ4n) is 1.24. The fraction of sp³-hybridized carbons (Fsp3) is 0.364. The third-order valence-corrected chi connectivity index (χ3v) is 2.76. The molecule has 0 radical (unpaired) electrons. The predicted octanol–water partition coefficient (Wildman–Crippen LogP) is 3.49. The highest BCUT2D eigenvalue weighted by Crippen LogP contribution is 2.25. The summed E-state index contributed by atoms with van der Waals surface area (Å²) in [5.41, 5.74) is 1.92. The molecule has 0 aromatic heterocycles. The highest BCUT2D eigenvalue weighted by Gasteiger charge is 2.04. The molecule has 0 amide bonds. The molecule has 0 atom stereocenters. The number of halogens is 2. The highest BCUT2D eigenvalue weighted by molar-refractivity contribution is 6.63. The number of ether oxygens (including phenoxy) is 1. The molecule has 0 unspecified atom stereocenters. The average Bonchev–Trinajstić information content (AvgIpc) is 2.13. The van der Waals surface area contributed by atoms with Gasteiger partial charge in [-0.2, -0.15) is 0 Å². The summed E-state index contributed by atoms with van der Waals surface area (Å²) < 4.78 is 5.37. The molecule has 0 spiro atoms. The Labute approximate surface area is 99.1 Å². The van der Waals surface area contributed by atoms with Gasteiger partial charge in [0.25, 0.3) is 0 Å². The molecule has 15 heavy (non-hydrogen) atoms. The topological polar surface area (TPSA) is 26.3 Å². The zero-order chi connectivity index (χ0) is 11.4. The summed E-state index contributed by atoms with van der Waals surface area (Å²) in [5.74, 6) is 0.715. The van der Waals surface area contributed by atoms with Crippen LogP contribution in [-0.2, 0) is 4.79 Å². The van der Waals surface area contributed by atoms with Crippen LogP contribution in [0, 0.1) is 13.8 Å². The largest absolute Gasteiger partial charge is 0.493 e. The van der Waals surface area contributed by atoms with Crippen molar-refractivity contribution >= 4 is 28.4 Å². The van der Waals surface area contributed by atoms with Crippen LogP contribution in [0.25, 0.3) is 0 Å². The predicted molar refractivity (Wildman–Crippen MR) is 61.9 cm³/mol. The molecule has 0 bridgehead atoms. The van der Waals surface area contributed by atoms with Crippen LogP contribution in [0.2, 0.25) is 5.02 Å². The lowest BCUT2D eigenvalue weighted by Gasteiger charge is -2.08. The zero-order valence-corrected chi connectivity index (χ0v) is 10.2. The van der Waals surface area contributed by atoms with E-state index in [1.54, 1.807) is 0 Å². The van der Waals surface area contributed by atoms with Gasteiger partial charge in [-0.1, -0.05) is 11.6 Å². The van der Waals surface area contributed by atoms with Crippen molar-refractivity contribution in [3.63, 3.8) is 0 Å². The van der Waals surface area contributed by atoms with Gasteiger partial charge in [-0.3, -0.25) is 4.79 Å². The smallest absolute Gasteiger partial charge is 0.225 e. The molecule has 4 heteroatoms. The Morgan fingerprint density at radius 2 is 1.87 bits per heavy atom.